The van der Waals surface area contributed by atoms with Crippen molar-refractivity contribution in [2.24, 2.45) is 10.8 Å². The van der Waals surface area contributed by atoms with Crippen LogP contribution < -0.4 is 0 Å². The van der Waals surface area contributed by atoms with Crippen molar-refractivity contribution in [3.63, 3.8) is 0 Å². The van der Waals surface area contributed by atoms with Crippen LogP contribution in [0.25, 0.3) is 54.3 Å². The second-order valence-corrected chi connectivity index (χ2v) is 13.8. The zero-order chi connectivity index (χ0) is 36.4. The number of nitrogens with zero attached hydrogens (tertiary/aromatic N) is 1. The van der Waals surface area contributed by atoms with E-state index in [0.29, 0.717) is 16.6 Å². The van der Waals surface area contributed by atoms with Gasteiger partial charge in [-0.15, -0.1) is 23.6 Å². The molecule has 0 fully saturated rings. The molecule has 0 aliphatic heterocycles. The second-order valence-electron chi connectivity index (χ2n) is 13.8. The predicted molar refractivity (Wildman–Crippen MR) is 201 cm³/mol. The summed E-state index contributed by atoms with van der Waals surface area (Å²) in [5, 5.41) is 16.9. The number of aliphatic hydroxyl groups excluding tert-OH is 1. The number of hydrogen-bond donors (Lipinski definition) is 1. The fourth-order valence-corrected chi connectivity index (χ4v) is 6.42. The summed E-state index contributed by atoms with van der Waals surface area (Å²) in [5.41, 5.74) is 0.750. The summed E-state index contributed by atoms with van der Waals surface area (Å²) < 4.78 is 41.6. The first-order valence-electron chi connectivity index (χ1n) is 17.4. The molecule has 0 saturated carbocycles. The van der Waals surface area contributed by atoms with Crippen molar-refractivity contribution in [1.29, 1.82) is 0 Å². The van der Waals surface area contributed by atoms with Gasteiger partial charge in [0.1, 0.15) is 5.76 Å². The van der Waals surface area contributed by atoms with E-state index in [1.54, 1.807) is 24.4 Å². The molecule has 6 rings (SSSR count). The average molecular weight is 869 g/mol. The first-order valence-corrected chi connectivity index (χ1v) is 17.4. The van der Waals surface area contributed by atoms with Crippen molar-refractivity contribution in [2.45, 2.75) is 80.3 Å². The van der Waals surface area contributed by atoms with Crippen LogP contribution in [0.1, 0.15) is 78.4 Å². The first kappa shape index (κ1) is 39.7. The molecule has 7 heteroatoms. The normalized spacial score (nSPS) is 12.5. The third-order valence-corrected chi connectivity index (χ3v) is 10.9. The van der Waals surface area contributed by atoms with Crippen LogP contribution in [-0.2, 0) is 31.1 Å². The largest absolute Gasteiger partial charge is 0.512 e. The maximum Gasteiger partial charge on any atom is 0.403 e. The van der Waals surface area contributed by atoms with E-state index in [-0.39, 0.29) is 47.9 Å². The molecule has 0 unspecified atom stereocenters. The fourth-order valence-electron chi connectivity index (χ4n) is 6.42. The Balaban J connectivity index is 0.000000279. The van der Waals surface area contributed by atoms with E-state index in [2.05, 4.69) is 48.3 Å². The van der Waals surface area contributed by atoms with Crippen molar-refractivity contribution in [2.75, 3.05) is 0 Å². The third-order valence-electron chi connectivity index (χ3n) is 10.9. The smallest absolute Gasteiger partial charge is 0.403 e. The number of allylic oxidation sites excluding steroid dienone is 2. The van der Waals surface area contributed by atoms with Crippen LogP contribution in [0.15, 0.2) is 96.9 Å². The number of carbonyl (C=O) groups excluding carboxylic acids is 1. The zero-order valence-corrected chi connectivity index (χ0v) is 32.7. The summed E-state index contributed by atoms with van der Waals surface area (Å²) in [6.45, 7) is 14.1. The van der Waals surface area contributed by atoms with E-state index in [9.17, 15) is 23.1 Å². The Hall–Kier alpha value is -4.06. The van der Waals surface area contributed by atoms with Crippen LogP contribution in [-0.4, -0.2) is 15.9 Å². The molecule has 51 heavy (non-hydrogen) atoms. The molecule has 269 valence electrons. The number of rotatable bonds is 8. The molecule has 0 atom stereocenters. The Kier molecular flexibility index (Phi) is 12.2. The summed E-state index contributed by atoms with van der Waals surface area (Å²) >= 11 is 0. The predicted octanol–water partition coefficient (Wildman–Crippen LogP) is 13.1. The van der Waals surface area contributed by atoms with Crippen molar-refractivity contribution in [3.05, 3.63) is 114 Å². The molecule has 3 nitrogen and oxygen atoms in total. The van der Waals surface area contributed by atoms with Crippen LogP contribution in [0.2, 0.25) is 0 Å². The van der Waals surface area contributed by atoms with Gasteiger partial charge >= 0.3 is 6.18 Å². The Labute approximate surface area is 312 Å². The van der Waals surface area contributed by atoms with Crippen molar-refractivity contribution in [1.82, 2.24) is 4.98 Å². The van der Waals surface area contributed by atoms with Gasteiger partial charge in [-0.2, -0.15) is 13.2 Å². The molecule has 1 heterocycles. The summed E-state index contributed by atoms with van der Waals surface area (Å²) in [6, 6.07) is 27.2. The molecule has 1 N–H and O–H groups in total. The van der Waals surface area contributed by atoms with Gasteiger partial charge in [-0.05, 0) is 76.6 Å². The summed E-state index contributed by atoms with van der Waals surface area (Å²) in [4.78, 5) is 16.7. The number of benzene rings is 5. The van der Waals surface area contributed by atoms with Gasteiger partial charge in [0.05, 0.1) is 0 Å². The van der Waals surface area contributed by atoms with Gasteiger partial charge in [0.2, 0.25) is 0 Å². The second kappa shape index (κ2) is 15.7. The number of aryl methyl sites for hydroxylation is 1. The number of aliphatic hydroxyl groups is 1. The number of carbonyl (C=O) groups is 1. The molecule has 1 radical (unpaired) electrons. The Bertz CT molecular complexity index is 2230. The van der Waals surface area contributed by atoms with Gasteiger partial charge in [-0.25, -0.2) is 0 Å². The van der Waals surface area contributed by atoms with Crippen molar-refractivity contribution >= 4 is 48.9 Å². The number of alkyl halides is 3. The molecule has 0 aliphatic carbocycles. The number of fused-ring (bicyclic) bond motifs is 6. The average Bonchev–Trinajstić information content (AvgIpc) is 3.12. The zero-order valence-electron chi connectivity index (χ0n) is 30.3. The van der Waals surface area contributed by atoms with Crippen molar-refractivity contribution < 1.29 is 43.2 Å². The van der Waals surface area contributed by atoms with Crippen LogP contribution in [0, 0.1) is 23.8 Å². The first-order chi connectivity index (χ1) is 23.7. The molecule has 5 aromatic carbocycles. The van der Waals surface area contributed by atoms with E-state index in [4.69, 9.17) is 0 Å². The quantitative estimate of drug-likeness (QED) is 0.0717. The SMILES string of the molecule is CCC(C)(CC)C(=O)/C=C(\O)C(C)(CC)CC.Cc1ccc2c(ccc3c4ccnc(-c5[c-]c6ccccc6c(C(F)(F)F)c5)c4ccc23)c1.[Ir]. The molecule has 1 aromatic heterocycles. The van der Waals surface area contributed by atoms with Gasteiger partial charge in [0, 0.05) is 48.9 Å². The minimum Gasteiger partial charge on any atom is -0.512 e. The monoisotopic (exact) mass is 869 g/mol. The molecular weight excluding hydrogens is 824 g/mol. The number of pyridine rings is 1. The molecule has 0 saturated heterocycles. The van der Waals surface area contributed by atoms with Gasteiger partial charge in [0.25, 0.3) is 0 Å². The minimum absolute atomic E-state index is 0. The van der Waals surface area contributed by atoms with E-state index < -0.39 is 11.7 Å². The number of halogens is 3. The maximum absolute atomic E-state index is 13.9. The number of hydrogen-bond acceptors (Lipinski definition) is 3. The minimum atomic E-state index is -4.47. The summed E-state index contributed by atoms with van der Waals surface area (Å²) in [5.74, 6) is 0.286. The number of ketones is 1. The Morgan fingerprint density at radius 2 is 1.31 bits per heavy atom. The van der Waals surface area contributed by atoms with Gasteiger partial charge in [-0.3, -0.25) is 9.78 Å². The van der Waals surface area contributed by atoms with Crippen LogP contribution in [0.3, 0.4) is 0 Å². The maximum atomic E-state index is 13.9. The van der Waals surface area contributed by atoms with Crippen LogP contribution in [0.4, 0.5) is 13.2 Å². The van der Waals surface area contributed by atoms with Gasteiger partial charge in [0.15, 0.2) is 5.78 Å². The molecule has 0 aliphatic rings. The van der Waals surface area contributed by atoms with E-state index in [1.165, 1.54) is 17.7 Å². The van der Waals surface area contributed by atoms with Crippen LogP contribution in [0.5, 0.6) is 0 Å². The molecular formula is C44H45F3IrNO2-. The Morgan fingerprint density at radius 3 is 1.96 bits per heavy atom. The third kappa shape index (κ3) is 7.90. The standard InChI is InChI=1S/C29H17F3N.C15H28O2.Ir/c1-17-6-8-21-19(14-17)7-9-24-23(21)10-11-26-25(24)12-13-33-28(26)20-15-18-4-2-3-5-22(18)27(16-20)29(30,31)32;1-7-14(5,8-2)12(16)11-13(17)15(6,9-3)10-4;/h2-14,16H,1H3;11,16H,7-10H2,1-6H3;/q-1;;/b;12-11-;. The number of aromatic nitrogens is 1. The van der Waals surface area contributed by atoms with Crippen LogP contribution >= 0.6 is 0 Å². The van der Waals surface area contributed by atoms with Gasteiger partial charge in [-0.1, -0.05) is 119 Å². The summed E-state index contributed by atoms with van der Waals surface area (Å²) in [7, 11) is 0. The van der Waals surface area contributed by atoms with E-state index in [1.807, 2.05) is 59.7 Å². The molecule has 0 bridgehead atoms. The fraction of sp³-hybridized carbons (Fsp3) is 0.318. The van der Waals surface area contributed by atoms with E-state index >= 15 is 0 Å². The molecule has 6 aromatic rings. The van der Waals surface area contributed by atoms with E-state index in [0.717, 1.165) is 64.1 Å². The Morgan fingerprint density at radius 1 is 0.745 bits per heavy atom. The topological polar surface area (TPSA) is 50.2 Å². The van der Waals surface area contributed by atoms with Crippen molar-refractivity contribution in [3.8, 4) is 11.3 Å². The molecule has 0 amide bonds. The van der Waals surface area contributed by atoms with Gasteiger partial charge < -0.3 is 5.11 Å². The summed E-state index contributed by atoms with van der Waals surface area (Å²) in [6.07, 6.45) is 1.94. The molecule has 0 spiro atoms.